The van der Waals surface area contributed by atoms with Gasteiger partial charge in [0.05, 0.1) is 19.2 Å². The Kier molecular flexibility index (Phi) is 4.08. The van der Waals surface area contributed by atoms with Gasteiger partial charge in [-0.1, -0.05) is 5.16 Å². The van der Waals surface area contributed by atoms with E-state index < -0.39 is 5.97 Å². The zero-order chi connectivity index (χ0) is 12.8. The number of carbonyl (C=O) groups is 1. The predicted octanol–water partition coefficient (Wildman–Crippen LogP) is 0.782. The quantitative estimate of drug-likeness (QED) is 0.599. The Hall–Kier alpha value is -2.15. The molecule has 0 atom stereocenters. The summed E-state index contributed by atoms with van der Waals surface area (Å²) in [6.07, 6.45) is 3.38. The van der Waals surface area contributed by atoms with Gasteiger partial charge >= 0.3 is 5.97 Å². The van der Waals surface area contributed by atoms with E-state index in [1.807, 2.05) is 0 Å². The number of aromatic nitrogens is 2. The Morgan fingerprint density at radius 2 is 2.44 bits per heavy atom. The molecule has 0 aliphatic carbocycles. The molecule has 0 aromatic carbocycles. The average molecular weight is 251 g/mol. The largest absolute Gasteiger partial charge is 0.467 e. The van der Waals surface area contributed by atoms with E-state index in [4.69, 9.17) is 8.94 Å². The van der Waals surface area contributed by atoms with Crippen LogP contribution in [0.15, 0.2) is 27.6 Å². The molecule has 1 N–H and O–H groups in total. The highest BCUT2D eigenvalue weighted by Crippen LogP contribution is 2.08. The summed E-state index contributed by atoms with van der Waals surface area (Å²) in [6.45, 7) is 1.20. The second-order valence-electron chi connectivity index (χ2n) is 3.56. The minimum absolute atomic E-state index is 0.407. The number of esters is 1. The van der Waals surface area contributed by atoms with Gasteiger partial charge in [-0.3, -0.25) is 0 Å². The fourth-order valence-corrected chi connectivity index (χ4v) is 1.41. The molecule has 18 heavy (non-hydrogen) atoms. The highest BCUT2D eigenvalue weighted by Gasteiger charge is 2.09. The summed E-state index contributed by atoms with van der Waals surface area (Å²) in [5.74, 6) is 0.842. The van der Waals surface area contributed by atoms with Gasteiger partial charge in [0, 0.05) is 13.0 Å². The van der Waals surface area contributed by atoms with E-state index in [2.05, 4.69) is 20.2 Å². The molecule has 0 radical (unpaired) electrons. The summed E-state index contributed by atoms with van der Waals surface area (Å²) < 4.78 is 14.6. The van der Waals surface area contributed by atoms with Crippen LogP contribution in [0.25, 0.3) is 0 Å². The van der Waals surface area contributed by atoms with E-state index in [0.29, 0.717) is 36.7 Å². The van der Waals surface area contributed by atoms with Crippen molar-refractivity contribution in [2.24, 2.45) is 0 Å². The van der Waals surface area contributed by atoms with Crippen LogP contribution in [0.2, 0.25) is 0 Å². The first-order valence-electron chi connectivity index (χ1n) is 5.41. The number of rotatable bonds is 6. The molecule has 2 rings (SSSR count). The number of hydrogen-bond acceptors (Lipinski definition) is 7. The molecule has 2 aromatic rings. The number of ether oxygens (including phenoxy) is 1. The van der Waals surface area contributed by atoms with E-state index >= 15 is 0 Å². The lowest BCUT2D eigenvalue weighted by Gasteiger charge is -1.98. The lowest BCUT2D eigenvalue weighted by atomic mass is 10.3. The van der Waals surface area contributed by atoms with Gasteiger partial charge in [0.15, 0.2) is 6.33 Å². The Bertz CT molecular complexity index is 492. The number of nitrogens with zero attached hydrogens (tertiary/aromatic N) is 2. The van der Waals surface area contributed by atoms with Crippen molar-refractivity contribution < 1.29 is 18.5 Å². The molecular weight excluding hydrogens is 238 g/mol. The summed E-state index contributed by atoms with van der Waals surface area (Å²) in [5, 5.41) is 6.64. The van der Waals surface area contributed by atoms with Crippen LogP contribution >= 0.6 is 0 Å². The van der Waals surface area contributed by atoms with Crippen molar-refractivity contribution in [3.8, 4) is 0 Å². The van der Waals surface area contributed by atoms with Crippen LogP contribution in [0, 0.1) is 0 Å². The zero-order valence-electron chi connectivity index (χ0n) is 9.88. The highest BCUT2D eigenvalue weighted by atomic mass is 16.5. The van der Waals surface area contributed by atoms with Gasteiger partial charge in [0.25, 0.3) is 0 Å². The first kappa shape index (κ1) is 12.3. The summed E-state index contributed by atoms with van der Waals surface area (Å²) in [5.41, 5.74) is 0.409. The second-order valence-corrected chi connectivity index (χ2v) is 3.56. The summed E-state index contributed by atoms with van der Waals surface area (Å²) in [4.78, 5) is 15.1. The molecule has 7 heteroatoms. The van der Waals surface area contributed by atoms with Crippen LogP contribution in [-0.2, 0) is 17.7 Å². The van der Waals surface area contributed by atoms with Crippen molar-refractivity contribution in [1.29, 1.82) is 0 Å². The van der Waals surface area contributed by atoms with Crippen LogP contribution in [0.3, 0.4) is 0 Å². The fourth-order valence-electron chi connectivity index (χ4n) is 1.41. The maximum absolute atomic E-state index is 11.2. The monoisotopic (exact) mass is 251 g/mol. The molecule has 7 nitrogen and oxygen atoms in total. The zero-order valence-corrected chi connectivity index (χ0v) is 9.88. The lowest BCUT2D eigenvalue weighted by Crippen LogP contribution is -2.16. The molecule has 0 amide bonds. The fraction of sp³-hybridized carbons (Fsp3) is 0.364. The van der Waals surface area contributed by atoms with Gasteiger partial charge in [0.1, 0.15) is 12.0 Å². The van der Waals surface area contributed by atoms with Crippen LogP contribution in [0.4, 0.5) is 0 Å². The lowest BCUT2D eigenvalue weighted by molar-refractivity contribution is 0.0600. The van der Waals surface area contributed by atoms with Gasteiger partial charge in [-0.05, 0) is 6.07 Å². The second kappa shape index (κ2) is 5.97. The average Bonchev–Trinajstić information content (AvgIpc) is 3.05. The molecule has 0 aliphatic rings. The Labute approximate surface area is 103 Å². The predicted molar refractivity (Wildman–Crippen MR) is 59.8 cm³/mol. The topological polar surface area (TPSA) is 90.4 Å². The SMILES string of the molecule is COC(=O)c1coc(CNCCc2ncno2)c1. The summed E-state index contributed by atoms with van der Waals surface area (Å²) in [7, 11) is 1.33. The van der Waals surface area contributed by atoms with Crippen LogP contribution < -0.4 is 5.32 Å². The standard InChI is InChI=1S/C11H13N3O4/c1-16-11(15)8-4-9(17-6-8)5-12-3-2-10-13-7-14-18-10/h4,6-7,12H,2-3,5H2,1H3. The van der Waals surface area contributed by atoms with Gasteiger partial charge in [-0.2, -0.15) is 4.98 Å². The molecule has 96 valence electrons. The van der Waals surface area contributed by atoms with Crippen LogP contribution in [0.5, 0.6) is 0 Å². The van der Waals surface area contributed by atoms with Crippen molar-refractivity contribution in [3.63, 3.8) is 0 Å². The van der Waals surface area contributed by atoms with E-state index in [-0.39, 0.29) is 0 Å². The molecule has 0 fully saturated rings. The first-order valence-corrected chi connectivity index (χ1v) is 5.41. The molecule has 2 aromatic heterocycles. The molecule has 0 bridgehead atoms. The van der Waals surface area contributed by atoms with Crippen LogP contribution in [0.1, 0.15) is 22.0 Å². The van der Waals surface area contributed by atoms with Crippen molar-refractivity contribution in [2.75, 3.05) is 13.7 Å². The number of methoxy groups -OCH3 is 1. The van der Waals surface area contributed by atoms with Crippen molar-refractivity contribution in [3.05, 3.63) is 35.9 Å². The maximum atomic E-state index is 11.2. The molecule has 0 saturated heterocycles. The van der Waals surface area contributed by atoms with Crippen LogP contribution in [-0.4, -0.2) is 29.8 Å². The molecule has 0 saturated carbocycles. The minimum Gasteiger partial charge on any atom is -0.467 e. The Morgan fingerprint density at radius 3 is 3.17 bits per heavy atom. The minimum atomic E-state index is -0.407. The Balaban J connectivity index is 1.73. The Morgan fingerprint density at radius 1 is 1.56 bits per heavy atom. The van der Waals surface area contributed by atoms with E-state index in [1.165, 1.54) is 19.7 Å². The van der Waals surface area contributed by atoms with Gasteiger partial charge in [0.2, 0.25) is 5.89 Å². The molecule has 0 unspecified atom stereocenters. The highest BCUT2D eigenvalue weighted by molar-refractivity contribution is 5.88. The van der Waals surface area contributed by atoms with E-state index in [0.717, 1.165) is 0 Å². The number of carbonyl (C=O) groups excluding carboxylic acids is 1. The third kappa shape index (κ3) is 3.17. The van der Waals surface area contributed by atoms with Gasteiger partial charge in [-0.15, -0.1) is 0 Å². The van der Waals surface area contributed by atoms with Crippen molar-refractivity contribution in [1.82, 2.24) is 15.5 Å². The van der Waals surface area contributed by atoms with E-state index in [9.17, 15) is 4.79 Å². The third-order valence-corrected chi connectivity index (χ3v) is 2.30. The number of furan rings is 1. The number of nitrogens with one attached hydrogen (secondary N) is 1. The summed E-state index contributed by atoms with van der Waals surface area (Å²) in [6, 6.07) is 1.64. The van der Waals surface area contributed by atoms with Gasteiger partial charge in [-0.25, -0.2) is 4.79 Å². The molecule has 0 spiro atoms. The smallest absolute Gasteiger partial charge is 0.341 e. The molecule has 2 heterocycles. The van der Waals surface area contributed by atoms with Crippen molar-refractivity contribution in [2.45, 2.75) is 13.0 Å². The van der Waals surface area contributed by atoms with Crippen molar-refractivity contribution >= 4 is 5.97 Å². The van der Waals surface area contributed by atoms with Gasteiger partial charge < -0.3 is 19.0 Å². The van der Waals surface area contributed by atoms with E-state index in [1.54, 1.807) is 6.07 Å². The first-order chi connectivity index (χ1) is 8.79. The normalized spacial score (nSPS) is 10.5. The molecule has 0 aliphatic heterocycles. The summed E-state index contributed by atoms with van der Waals surface area (Å²) >= 11 is 0. The third-order valence-electron chi connectivity index (χ3n) is 2.30. The molecular formula is C11H13N3O4. The number of hydrogen-bond donors (Lipinski definition) is 1. The maximum Gasteiger partial charge on any atom is 0.341 e.